The Labute approximate surface area is 280 Å². The molecule has 238 valence electrons. The van der Waals surface area contributed by atoms with Crippen LogP contribution >= 0.6 is 0 Å². The number of pyridine rings is 1. The molecule has 0 aliphatic rings. The van der Waals surface area contributed by atoms with Gasteiger partial charge in [0.15, 0.2) is 0 Å². The minimum absolute atomic E-state index is 0.212. The van der Waals surface area contributed by atoms with E-state index in [9.17, 15) is 4.39 Å². The van der Waals surface area contributed by atoms with E-state index in [-0.39, 0.29) is 5.82 Å². The van der Waals surface area contributed by atoms with Crippen LogP contribution < -0.4 is 11.1 Å². The first-order chi connectivity index (χ1) is 23.5. The number of aryl methyl sites for hydroxylation is 1. The first kappa shape index (κ1) is 31.0. The normalized spacial score (nSPS) is 11.6. The molecule has 0 radical (unpaired) electrons. The number of nitrogens with zero attached hydrogens (tertiary/aromatic N) is 3. The van der Waals surface area contributed by atoms with E-state index in [4.69, 9.17) is 10.8 Å². The summed E-state index contributed by atoms with van der Waals surface area (Å²) in [5.41, 5.74) is 16.0. The summed E-state index contributed by atoms with van der Waals surface area (Å²) in [5, 5.41) is 10.1. The number of halogens is 1. The van der Waals surface area contributed by atoms with Crippen molar-refractivity contribution < 1.29 is 4.39 Å². The van der Waals surface area contributed by atoms with Crippen molar-refractivity contribution in [2.24, 2.45) is 0 Å². The van der Waals surface area contributed by atoms with Crippen molar-refractivity contribution in [1.82, 2.24) is 20.1 Å². The zero-order valence-electron chi connectivity index (χ0n) is 27.0. The number of hydrogen-bond acceptors (Lipinski definition) is 4. The van der Waals surface area contributed by atoms with E-state index in [0.717, 1.165) is 87.3 Å². The van der Waals surface area contributed by atoms with Gasteiger partial charge in [-0.3, -0.25) is 4.98 Å². The van der Waals surface area contributed by atoms with Crippen molar-refractivity contribution >= 4 is 16.6 Å². The maximum absolute atomic E-state index is 13.3. The molecule has 0 fully saturated rings. The number of nitrogen functional groups attached to an aromatic ring is 1. The molecule has 0 saturated carbocycles. The molecule has 0 atom stereocenters. The van der Waals surface area contributed by atoms with Gasteiger partial charge in [-0.15, -0.1) is 0 Å². The van der Waals surface area contributed by atoms with Gasteiger partial charge < -0.3 is 11.1 Å². The van der Waals surface area contributed by atoms with Crippen molar-refractivity contribution in [3.05, 3.63) is 185 Å². The van der Waals surface area contributed by atoms with Gasteiger partial charge in [-0.05, 0) is 97.1 Å². The van der Waals surface area contributed by atoms with E-state index < -0.39 is 5.54 Å². The Kier molecular flexibility index (Phi) is 8.82. The molecule has 0 amide bonds. The van der Waals surface area contributed by atoms with Crippen LogP contribution in [0.15, 0.2) is 146 Å². The molecule has 0 bridgehead atoms. The summed E-state index contributed by atoms with van der Waals surface area (Å²) in [6.45, 7) is 3.56. The predicted molar refractivity (Wildman–Crippen MR) is 193 cm³/mol. The van der Waals surface area contributed by atoms with E-state index in [1.807, 2.05) is 31.3 Å². The largest absolute Gasteiger partial charge is 0.398 e. The van der Waals surface area contributed by atoms with Gasteiger partial charge >= 0.3 is 0 Å². The number of fused-ring (bicyclic) bond motifs is 1. The molecule has 5 nitrogen and oxygen atoms in total. The highest BCUT2D eigenvalue weighted by molar-refractivity contribution is 5.96. The Balaban J connectivity index is 1.37. The first-order valence-corrected chi connectivity index (χ1v) is 16.4. The summed E-state index contributed by atoms with van der Waals surface area (Å²) in [7, 11) is 0. The topological polar surface area (TPSA) is 68.8 Å². The highest BCUT2D eigenvalue weighted by atomic mass is 19.1. The summed E-state index contributed by atoms with van der Waals surface area (Å²) in [5.74, 6) is -0.212. The molecule has 3 N–H and O–H groups in total. The number of rotatable bonds is 11. The molecule has 0 spiro atoms. The van der Waals surface area contributed by atoms with Gasteiger partial charge in [0.2, 0.25) is 0 Å². The zero-order chi connectivity index (χ0) is 32.9. The monoisotopic (exact) mass is 631 g/mol. The Morgan fingerprint density at radius 3 is 1.88 bits per heavy atom. The van der Waals surface area contributed by atoms with Crippen LogP contribution in [0.5, 0.6) is 0 Å². The van der Waals surface area contributed by atoms with Crippen LogP contribution in [-0.4, -0.2) is 27.9 Å². The van der Waals surface area contributed by atoms with Crippen molar-refractivity contribution in [1.29, 1.82) is 0 Å². The highest BCUT2D eigenvalue weighted by Gasteiger charge is 2.41. The quantitative estimate of drug-likeness (QED) is 0.0856. The Bertz CT molecular complexity index is 2030. The van der Waals surface area contributed by atoms with Crippen molar-refractivity contribution in [2.75, 3.05) is 18.8 Å². The summed E-state index contributed by atoms with van der Waals surface area (Å²) >= 11 is 0. The van der Waals surface area contributed by atoms with Crippen LogP contribution in [0.3, 0.4) is 0 Å². The van der Waals surface area contributed by atoms with Crippen LogP contribution in [0.2, 0.25) is 0 Å². The average molecular weight is 632 g/mol. The third kappa shape index (κ3) is 5.98. The van der Waals surface area contributed by atoms with Crippen molar-refractivity contribution in [3.8, 4) is 11.3 Å². The molecule has 5 aromatic carbocycles. The lowest BCUT2D eigenvalue weighted by molar-refractivity contribution is 0.477. The maximum Gasteiger partial charge on any atom is 0.138 e. The molecular formula is C42H38FN5. The molecule has 2 aromatic heterocycles. The molecule has 0 aliphatic carbocycles. The van der Waals surface area contributed by atoms with Crippen LogP contribution in [-0.2, 0) is 18.4 Å². The van der Waals surface area contributed by atoms with Crippen LogP contribution in [0.1, 0.15) is 33.5 Å². The van der Waals surface area contributed by atoms with E-state index in [1.165, 1.54) is 12.1 Å². The second-order valence-electron chi connectivity index (χ2n) is 12.2. The van der Waals surface area contributed by atoms with E-state index in [1.54, 1.807) is 0 Å². The van der Waals surface area contributed by atoms with Gasteiger partial charge in [-0.2, -0.15) is 5.10 Å². The SMILES string of the molecule is Cc1cc(-c2nn(C(c3ccccc3)(c3ccccc3)c3ccccc3)c3cc(N)c(CCNCCc4ccc(F)cc4)cc23)ccn1. The summed E-state index contributed by atoms with van der Waals surface area (Å²) in [4.78, 5) is 4.48. The van der Waals surface area contributed by atoms with Crippen LogP contribution in [0.4, 0.5) is 10.1 Å². The number of nitrogens with two attached hydrogens (primary N) is 1. The van der Waals surface area contributed by atoms with E-state index in [0.29, 0.717) is 0 Å². The number of nitrogens with one attached hydrogen (secondary N) is 1. The van der Waals surface area contributed by atoms with E-state index in [2.05, 4.69) is 124 Å². The number of hydrogen-bond donors (Lipinski definition) is 2. The third-order valence-electron chi connectivity index (χ3n) is 9.08. The molecule has 0 saturated heterocycles. The fourth-order valence-corrected chi connectivity index (χ4v) is 6.74. The molecule has 48 heavy (non-hydrogen) atoms. The summed E-state index contributed by atoms with van der Waals surface area (Å²) in [6, 6.07) is 46.9. The maximum atomic E-state index is 13.3. The minimum Gasteiger partial charge on any atom is -0.398 e. The van der Waals surface area contributed by atoms with Gasteiger partial charge in [-0.1, -0.05) is 103 Å². The fraction of sp³-hybridized carbons (Fsp3) is 0.143. The average Bonchev–Trinajstić information content (AvgIpc) is 3.49. The van der Waals surface area contributed by atoms with Crippen molar-refractivity contribution in [2.45, 2.75) is 25.3 Å². The summed E-state index contributed by atoms with van der Waals surface area (Å²) < 4.78 is 15.5. The first-order valence-electron chi connectivity index (χ1n) is 16.4. The van der Waals surface area contributed by atoms with Gasteiger partial charge in [0, 0.05) is 28.5 Å². The fourth-order valence-electron chi connectivity index (χ4n) is 6.74. The number of aromatic nitrogens is 3. The molecule has 2 heterocycles. The standard InChI is InChI=1S/C42H38FN5/c1-30-27-33(23-26-46-30)41-38-28-32(22-25-45-24-21-31-17-19-37(43)20-18-31)39(44)29-40(38)48(47-41)42(34-11-5-2-6-12-34,35-13-7-3-8-14-35)36-15-9-4-10-16-36/h2-20,23,26-29,45H,21-22,24-25,44H2,1H3. The predicted octanol–water partition coefficient (Wildman–Crippen LogP) is 8.34. The van der Waals surface area contributed by atoms with Crippen LogP contribution in [0.25, 0.3) is 22.2 Å². The van der Waals surface area contributed by atoms with Crippen molar-refractivity contribution in [3.63, 3.8) is 0 Å². The molecule has 0 aliphatic heterocycles. The lowest BCUT2D eigenvalue weighted by Gasteiger charge is -2.37. The Hall–Kier alpha value is -5.59. The lowest BCUT2D eigenvalue weighted by atomic mass is 9.77. The Morgan fingerprint density at radius 1 is 0.708 bits per heavy atom. The van der Waals surface area contributed by atoms with E-state index >= 15 is 0 Å². The molecule has 7 rings (SSSR count). The molecule has 0 unspecified atom stereocenters. The molecule has 7 aromatic rings. The zero-order valence-corrected chi connectivity index (χ0v) is 27.0. The second-order valence-corrected chi connectivity index (χ2v) is 12.2. The lowest BCUT2D eigenvalue weighted by Crippen LogP contribution is -2.38. The third-order valence-corrected chi connectivity index (χ3v) is 9.08. The van der Waals surface area contributed by atoms with Gasteiger partial charge in [-0.25, -0.2) is 9.07 Å². The number of benzene rings is 5. The van der Waals surface area contributed by atoms with Gasteiger partial charge in [0.25, 0.3) is 0 Å². The smallest absolute Gasteiger partial charge is 0.138 e. The Morgan fingerprint density at radius 2 is 1.29 bits per heavy atom. The second kappa shape index (κ2) is 13.6. The van der Waals surface area contributed by atoms with Gasteiger partial charge in [0.1, 0.15) is 17.1 Å². The van der Waals surface area contributed by atoms with Crippen LogP contribution in [0, 0.1) is 12.7 Å². The summed E-state index contributed by atoms with van der Waals surface area (Å²) in [6.07, 6.45) is 3.43. The highest BCUT2D eigenvalue weighted by Crippen LogP contribution is 2.44. The molecule has 6 heteroatoms. The minimum atomic E-state index is -0.793. The van der Waals surface area contributed by atoms with Gasteiger partial charge in [0.05, 0.1) is 5.52 Å². The number of anilines is 1. The molecular weight excluding hydrogens is 593 g/mol.